The van der Waals surface area contributed by atoms with E-state index in [-0.39, 0.29) is 0 Å². The van der Waals surface area contributed by atoms with E-state index in [2.05, 4.69) is 117 Å². The highest BCUT2D eigenvalue weighted by atomic mass is 14.2. The summed E-state index contributed by atoms with van der Waals surface area (Å²) in [6.07, 6.45) is 7.71. The van der Waals surface area contributed by atoms with Crippen LogP contribution in [0.4, 0.5) is 0 Å². The molecule has 5 aromatic carbocycles. The van der Waals surface area contributed by atoms with Crippen molar-refractivity contribution < 1.29 is 0 Å². The lowest BCUT2D eigenvalue weighted by Crippen LogP contribution is -1.98. The Morgan fingerprint density at radius 2 is 0.917 bits per heavy atom. The van der Waals surface area contributed by atoms with E-state index in [0.717, 1.165) is 38.9 Å². The Hall–Kier alpha value is -4.68. The molecule has 0 fully saturated rings. The Bertz CT molecular complexity index is 1610. The summed E-state index contributed by atoms with van der Waals surface area (Å²) >= 11 is 0. The summed E-state index contributed by atoms with van der Waals surface area (Å²) in [5, 5.41) is 2.35. The van der Waals surface area contributed by atoms with Gasteiger partial charge in [-0.2, -0.15) is 0 Å². The number of hydrogen-bond donors (Lipinski definition) is 0. The summed E-state index contributed by atoms with van der Waals surface area (Å²) in [6, 6.07) is 34.1. The third-order valence-corrected chi connectivity index (χ3v) is 6.82. The summed E-state index contributed by atoms with van der Waals surface area (Å²) in [5.74, 6) is 0. The number of benzene rings is 5. The fraction of sp³-hybridized carbons (Fsp3) is 0. The molecule has 0 heteroatoms. The van der Waals surface area contributed by atoms with Gasteiger partial charge in [-0.1, -0.05) is 148 Å². The summed E-state index contributed by atoms with van der Waals surface area (Å²) in [4.78, 5) is 0. The first kappa shape index (κ1) is 23.1. The Morgan fingerprint density at radius 1 is 0.389 bits per heavy atom. The van der Waals surface area contributed by atoms with Gasteiger partial charge in [-0.05, 0) is 66.4 Å². The van der Waals surface area contributed by atoms with Gasteiger partial charge in [0.2, 0.25) is 0 Å². The normalized spacial score (nSPS) is 10.7. The zero-order valence-corrected chi connectivity index (χ0v) is 20.4. The third kappa shape index (κ3) is 3.83. The van der Waals surface area contributed by atoms with Crippen molar-refractivity contribution in [1.82, 2.24) is 0 Å². The Morgan fingerprint density at radius 3 is 1.53 bits per heavy atom. The van der Waals surface area contributed by atoms with Crippen molar-refractivity contribution in [2.24, 2.45) is 0 Å². The molecule has 0 radical (unpaired) electrons. The van der Waals surface area contributed by atoms with E-state index in [1.807, 2.05) is 30.4 Å². The van der Waals surface area contributed by atoms with E-state index in [4.69, 9.17) is 0 Å². The van der Waals surface area contributed by atoms with Crippen molar-refractivity contribution in [3.63, 3.8) is 0 Å². The fourth-order valence-electron chi connectivity index (χ4n) is 5.17. The molecule has 36 heavy (non-hydrogen) atoms. The standard InChI is InChI=1S/C36H28/c1-5-25-17-14-20-32(29(25)6-2)36-31(8-4)30(7-3)35(33-18-12-13-19-34(33)36)28-23-21-27(22-24-28)26-15-10-9-11-16-26/h5-24H,1-4H2. The van der Waals surface area contributed by atoms with Crippen molar-refractivity contribution in [3.05, 3.63) is 146 Å². The highest BCUT2D eigenvalue weighted by Gasteiger charge is 2.20. The van der Waals surface area contributed by atoms with Crippen LogP contribution in [0.3, 0.4) is 0 Å². The second kappa shape index (κ2) is 9.90. The molecule has 0 amide bonds. The lowest BCUT2D eigenvalue weighted by Gasteiger charge is -2.22. The minimum Gasteiger partial charge on any atom is -0.0984 e. The molecule has 0 heterocycles. The van der Waals surface area contributed by atoms with Gasteiger partial charge in [-0.25, -0.2) is 0 Å². The van der Waals surface area contributed by atoms with Crippen LogP contribution in [0.2, 0.25) is 0 Å². The van der Waals surface area contributed by atoms with Crippen molar-refractivity contribution in [1.29, 1.82) is 0 Å². The zero-order chi connectivity index (χ0) is 25.1. The van der Waals surface area contributed by atoms with Crippen molar-refractivity contribution in [2.45, 2.75) is 0 Å². The molecular weight excluding hydrogens is 432 g/mol. The molecular formula is C36H28. The van der Waals surface area contributed by atoms with Crippen molar-refractivity contribution in [3.8, 4) is 33.4 Å². The van der Waals surface area contributed by atoms with E-state index >= 15 is 0 Å². The SMILES string of the molecule is C=Cc1cccc(-c2c(C=C)c(C=C)c(-c3ccc(-c4ccccc4)cc3)c3ccccc23)c1C=C. The molecule has 0 unspecified atom stereocenters. The van der Waals surface area contributed by atoms with Gasteiger partial charge in [0, 0.05) is 0 Å². The summed E-state index contributed by atoms with van der Waals surface area (Å²) in [6.45, 7) is 16.6. The molecule has 0 aliphatic heterocycles. The van der Waals surface area contributed by atoms with Gasteiger partial charge in [0.1, 0.15) is 0 Å². The van der Waals surface area contributed by atoms with Crippen LogP contribution in [0.25, 0.3) is 68.5 Å². The lowest BCUT2D eigenvalue weighted by atomic mass is 9.81. The van der Waals surface area contributed by atoms with Crippen LogP contribution >= 0.6 is 0 Å². The lowest BCUT2D eigenvalue weighted by molar-refractivity contribution is 1.55. The first-order valence-electron chi connectivity index (χ1n) is 12.1. The molecule has 0 N–H and O–H groups in total. The first-order chi connectivity index (χ1) is 17.7. The highest BCUT2D eigenvalue weighted by Crippen LogP contribution is 2.44. The minimum absolute atomic E-state index is 1.06. The van der Waals surface area contributed by atoms with Crippen molar-refractivity contribution >= 4 is 35.1 Å². The molecule has 0 saturated heterocycles. The minimum atomic E-state index is 1.06. The van der Waals surface area contributed by atoms with E-state index < -0.39 is 0 Å². The monoisotopic (exact) mass is 460 g/mol. The molecule has 5 rings (SSSR count). The second-order valence-electron chi connectivity index (χ2n) is 8.69. The number of rotatable bonds is 7. The smallest absolute Gasteiger partial charge is 0.00204 e. The summed E-state index contributed by atoms with van der Waals surface area (Å²) < 4.78 is 0. The predicted octanol–water partition coefficient (Wildman–Crippen LogP) is 10.4. The largest absolute Gasteiger partial charge is 0.0984 e. The van der Waals surface area contributed by atoms with Crippen LogP contribution in [0.5, 0.6) is 0 Å². The molecule has 5 aromatic rings. The molecule has 0 atom stereocenters. The van der Waals surface area contributed by atoms with E-state index in [1.54, 1.807) is 0 Å². The molecule has 0 spiro atoms. The molecule has 0 aromatic heterocycles. The summed E-state index contributed by atoms with van der Waals surface area (Å²) in [7, 11) is 0. The van der Waals surface area contributed by atoms with Crippen molar-refractivity contribution in [2.75, 3.05) is 0 Å². The molecule has 0 nitrogen and oxygen atoms in total. The molecule has 0 aliphatic rings. The fourth-order valence-corrected chi connectivity index (χ4v) is 5.17. The van der Waals surface area contributed by atoms with Crippen LogP contribution in [0, 0.1) is 0 Å². The van der Waals surface area contributed by atoms with Crippen LogP contribution in [0.1, 0.15) is 22.3 Å². The Kier molecular flexibility index (Phi) is 6.34. The van der Waals surface area contributed by atoms with Gasteiger partial charge in [-0.15, -0.1) is 0 Å². The first-order valence-corrected chi connectivity index (χ1v) is 12.1. The molecule has 0 saturated carbocycles. The topological polar surface area (TPSA) is 0 Å². The average molecular weight is 461 g/mol. The van der Waals surface area contributed by atoms with E-state index in [9.17, 15) is 0 Å². The van der Waals surface area contributed by atoms with Gasteiger partial charge < -0.3 is 0 Å². The van der Waals surface area contributed by atoms with E-state index in [1.165, 1.54) is 27.5 Å². The Labute approximate surface area is 213 Å². The predicted molar refractivity (Wildman–Crippen MR) is 161 cm³/mol. The van der Waals surface area contributed by atoms with Gasteiger partial charge in [-0.3, -0.25) is 0 Å². The van der Waals surface area contributed by atoms with Crippen LogP contribution < -0.4 is 0 Å². The highest BCUT2D eigenvalue weighted by molar-refractivity contribution is 6.12. The second-order valence-corrected chi connectivity index (χ2v) is 8.69. The number of fused-ring (bicyclic) bond motifs is 1. The maximum Gasteiger partial charge on any atom is -0.00204 e. The van der Waals surface area contributed by atoms with E-state index in [0.29, 0.717) is 0 Å². The van der Waals surface area contributed by atoms with Gasteiger partial charge >= 0.3 is 0 Å². The van der Waals surface area contributed by atoms with Crippen LogP contribution in [0.15, 0.2) is 123 Å². The average Bonchev–Trinajstić information content (AvgIpc) is 2.95. The zero-order valence-electron chi connectivity index (χ0n) is 20.4. The number of hydrogen-bond acceptors (Lipinski definition) is 0. The van der Waals surface area contributed by atoms with Gasteiger partial charge in [0.05, 0.1) is 0 Å². The van der Waals surface area contributed by atoms with Gasteiger partial charge in [0.25, 0.3) is 0 Å². The molecule has 0 aliphatic carbocycles. The molecule has 0 bridgehead atoms. The van der Waals surface area contributed by atoms with Crippen LogP contribution in [-0.4, -0.2) is 0 Å². The maximum absolute atomic E-state index is 4.23. The quantitative estimate of drug-likeness (QED) is 0.227. The third-order valence-electron chi connectivity index (χ3n) is 6.82. The summed E-state index contributed by atoms with van der Waals surface area (Å²) in [5.41, 5.74) is 11.2. The molecule has 172 valence electrons. The van der Waals surface area contributed by atoms with Crippen LogP contribution in [-0.2, 0) is 0 Å². The maximum atomic E-state index is 4.23. The Balaban J connectivity index is 1.83. The van der Waals surface area contributed by atoms with Gasteiger partial charge in [0.15, 0.2) is 0 Å².